The maximum absolute atomic E-state index is 14.3. The second-order valence-electron chi connectivity index (χ2n) is 7.55. The summed E-state index contributed by atoms with van der Waals surface area (Å²) >= 11 is 0. The van der Waals surface area contributed by atoms with Crippen molar-refractivity contribution in [2.45, 2.75) is 19.3 Å². The molecule has 1 heteroatoms. The number of rotatable bonds is 5. The Balaban J connectivity index is 2.12. The van der Waals surface area contributed by atoms with Gasteiger partial charge in [0.2, 0.25) is 0 Å². The number of ketones is 1. The predicted molar refractivity (Wildman–Crippen MR) is 119 cm³/mol. The maximum atomic E-state index is 14.3. The molecule has 1 nitrogen and oxygen atoms in total. The van der Waals surface area contributed by atoms with Crippen LogP contribution in [0.2, 0.25) is 0 Å². The molecule has 0 aliphatic carbocycles. The Morgan fingerprint density at radius 2 is 1.00 bits per heavy atom. The lowest BCUT2D eigenvalue weighted by Gasteiger charge is -2.35. The van der Waals surface area contributed by atoms with E-state index in [9.17, 15) is 4.79 Å². The first-order valence-corrected chi connectivity index (χ1v) is 9.92. The van der Waals surface area contributed by atoms with Crippen LogP contribution in [-0.4, -0.2) is 5.78 Å². The number of carbonyl (C=O) groups is 1. The fourth-order valence-electron chi connectivity index (χ4n) is 4.14. The van der Waals surface area contributed by atoms with E-state index in [2.05, 4.69) is 62.4 Å². The number of hydrogen-bond donors (Lipinski definition) is 0. The average molecular weight is 376 g/mol. The van der Waals surface area contributed by atoms with E-state index < -0.39 is 5.41 Å². The summed E-state index contributed by atoms with van der Waals surface area (Å²) in [6.07, 6.45) is 0. The zero-order valence-corrected chi connectivity index (χ0v) is 16.8. The van der Waals surface area contributed by atoms with Crippen molar-refractivity contribution in [1.82, 2.24) is 0 Å². The van der Waals surface area contributed by atoms with E-state index in [0.29, 0.717) is 5.56 Å². The van der Waals surface area contributed by atoms with Crippen LogP contribution in [0.3, 0.4) is 0 Å². The normalized spacial score (nSPS) is 11.2. The monoisotopic (exact) mass is 376 g/mol. The molecular formula is C28H24O. The van der Waals surface area contributed by atoms with Crippen LogP contribution in [-0.2, 0) is 5.41 Å². The quantitative estimate of drug-likeness (QED) is 0.286. The second-order valence-corrected chi connectivity index (χ2v) is 7.55. The van der Waals surface area contributed by atoms with Gasteiger partial charge in [0, 0.05) is 5.56 Å². The molecule has 0 radical (unpaired) electrons. The number of carbonyl (C=O) groups excluding carboxylic acids is 1. The van der Waals surface area contributed by atoms with E-state index >= 15 is 0 Å². The Morgan fingerprint density at radius 1 is 0.552 bits per heavy atom. The van der Waals surface area contributed by atoms with Gasteiger partial charge in [-0.25, -0.2) is 0 Å². The third-order valence-electron chi connectivity index (χ3n) is 5.49. The first-order chi connectivity index (χ1) is 14.1. The van der Waals surface area contributed by atoms with Crippen LogP contribution in [0.4, 0.5) is 0 Å². The summed E-state index contributed by atoms with van der Waals surface area (Å²) in [6, 6.07) is 36.4. The topological polar surface area (TPSA) is 17.1 Å². The molecule has 0 atom stereocenters. The molecule has 4 aromatic rings. The minimum Gasteiger partial charge on any atom is -0.292 e. The van der Waals surface area contributed by atoms with Crippen molar-refractivity contribution >= 4 is 5.78 Å². The highest BCUT2D eigenvalue weighted by Gasteiger charge is 2.44. The smallest absolute Gasteiger partial charge is 0.182 e. The predicted octanol–water partition coefficient (Wildman–Crippen LogP) is 6.52. The van der Waals surface area contributed by atoms with Gasteiger partial charge >= 0.3 is 0 Å². The van der Waals surface area contributed by atoms with Crippen molar-refractivity contribution in [3.8, 4) is 0 Å². The number of Topliss-reactive ketones (excluding diaryl/α,β-unsaturated/α-hetero) is 1. The molecule has 0 spiro atoms. The first kappa shape index (κ1) is 18.9. The third-order valence-corrected chi connectivity index (χ3v) is 5.49. The van der Waals surface area contributed by atoms with Gasteiger partial charge in [0.05, 0.1) is 0 Å². The van der Waals surface area contributed by atoms with E-state index in [4.69, 9.17) is 0 Å². The molecule has 4 aromatic carbocycles. The van der Waals surface area contributed by atoms with Gasteiger partial charge in [-0.15, -0.1) is 0 Å². The van der Waals surface area contributed by atoms with Crippen LogP contribution in [0.15, 0.2) is 109 Å². The molecule has 142 valence electrons. The Morgan fingerprint density at radius 3 is 1.48 bits per heavy atom. The molecule has 0 aromatic heterocycles. The molecule has 0 aliphatic heterocycles. The standard InChI is InChI=1S/C28H24O/c1-21-11-9-17-25(19-21)28(24-15-7-4-8-16-24,26-18-10-12-22(2)20-26)27(29)23-13-5-3-6-14-23/h3-20H,1-2H3. The molecule has 0 aliphatic rings. The summed E-state index contributed by atoms with van der Waals surface area (Å²) in [7, 11) is 0. The van der Waals surface area contributed by atoms with Gasteiger partial charge in [0.15, 0.2) is 5.78 Å². The minimum atomic E-state index is -0.916. The fraction of sp³-hybridized carbons (Fsp3) is 0.107. The van der Waals surface area contributed by atoms with E-state index in [0.717, 1.165) is 27.8 Å². The Kier molecular flexibility index (Phi) is 5.14. The Labute approximate surface area is 172 Å². The van der Waals surface area contributed by atoms with Crippen molar-refractivity contribution in [3.05, 3.63) is 143 Å². The number of aryl methyl sites for hydroxylation is 2. The van der Waals surface area contributed by atoms with Gasteiger partial charge in [0.25, 0.3) is 0 Å². The molecular weight excluding hydrogens is 352 g/mol. The van der Waals surface area contributed by atoms with Crippen LogP contribution >= 0.6 is 0 Å². The van der Waals surface area contributed by atoms with Crippen molar-refractivity contribution in [2.24, 2.45) is 0 Å². The van der Waals surface area contributed by atoms with Crippen LogP contribution in [0.5, 0.6) is 0 Å². The van der Waals surface area contributed by atoms with Crippen LogP contribution in [0.25, 0.3) is 0 Å². The molecule has 0 saturated heterocycles. The SMILES string of the molecule is Cc1cccc(C(C(=O)c2ccccc2)(c2ccccc2)c2cccc(C)c2)c1. The fourth-order valence-corrected chi connectivity index (χ4v) is 4.14. The zero-order valence-electron chi connectivity index (χ0n) is 16.8. The highest BCUT2D eigenvalue weighted by molar-refractivity contribution is 6.09. The van der Waals surface area contributed by atoms with Gasteiger partial charge in [-0.3, -0.25) is 4.79 Å². The Hall–Kier alpha value is -3.45. The minimum absolute atomic E-state index is 0.0838. The molecule has 0 N–H and O–H groups in total. The molecule has 0 amide bonds. The van der Waals surface area contributed by atoms with E-state index in [1.807, 2.05) is 60.7 Å². The number of benzene rings is 4. The van der Waals surface area contributed by atoms with Gasteiger partial charge in [-0.1, -0.05) is 120 Å². The first-order valence-electron chi connectivity index (χ1n) is 9.92. The molecule has 4 rings (SSSR count). The summed E-state index contributed by atoms with van der Waals surface area (Å²) in [5.74, 6) is 0.0838. The molecule has 0 saturated carbocycles. The lowest BCUT2D eigenvalue weighted by molar-refractivity contribution is 0.0935. The molecule has 0 heterocycles. The summed E-state index contributed by atoms with van der Waals surface area (Å²) in [4.78, 5) is 14.3. The largest absolute Gasteiger partial charge is 0.292 e. The maximum Gasteiger partial charge on any atom is 0.182 e. The number of hydrogen-bond acceptors (Lipinski definition) is 1. The molecule has 0 fully saturated rings. The van der Waals surface area contributed by atoms with Crippen LogP contribution < -0.4 is 0 Å². The second kappa shape index (κ2) is 7.89. The molecule has 29 heavy (non-hydrogen) atoms. The lowest BCUT2D eigenvalue weighted by atomic mass is 9.65. The Bertz CT molecular complexity index is 1080. The average Bonchev–Trinajstić information content (AvgIpc) is 2.76. The van der Waals surface area contributed by atoms with E-state index in [1.54, 1.807) is 0 Å². The van der Waals surface area contributed by atoms with Gasteiger partial charge in [0.1, 0.15) is 5.41 Å². The van der Waals surface area contributed by atoms with Gasteiger partial charge in [-0.05, 0) is 30.5 Å². The molecule has 0 unspecified atom stereocenters. The zero-order chi connectivity index (χ0) is 20.3. The van der Waals surface area contributed by atoms with Gasteiger partial charge < -0.3 is 0 Å². The van der Waals surface area contributed by atoms with Crippen molar-refractivity contribution in [3.63, 3.8) is 0 Å². The summed E-state index contributed by atoms with van der Waals surface area (Å²) in [5, 5.41) is 0. The summed E-state index contributed by atoms with van der Waals surface area (Å²) < 4.78 is 0. The lowest BCUT2D eigenvalue weighted by Crippen LogP contribution is -2.38. The molecule has 0 bridgehead atoms. The third kappa shape index (κ3) is 3.40. The summed E-state index contributed by atoms with van der Waals surface area (Å²) in [6.45, 7) is 4.14. The van der Waals surface area contributed by atoms with Crippen LogP contribution in [0, 0.1) is 13.8 Å². The highest BCUT2D eigenvalue weighted by Crippen LogP contribution is 2.42. The van der Waals surface area contributed by atoms with Crippen molar-refractivity contribution in [1.29, 1.82) is 0 Å². The van der Waals surface area contributed by atoms with Crippen LogP contribution in [0.1, 0.15) is 38.2 Å². The van der Waals surface area contributed by atoms with E-state index in [1.165, 1.54) is 0 Å². The van der Waals surface area contributed by atoms with Gasteiger partial charge in [-0.2, -0.15) is 0 Å². The highest BCUT2D eigenvalue weighted by atomic mass is 16.1. The van der Waals surface area contributed by atoms with E-state index in [-0.39, 0.29) is 5.78 Å². The van der Waals surface area contributed by atoms with Crippen molar-refractivity contribution < 1.29 is 4.79 Å². The van der Waals surface area contributed by atoms with Crippen molar-refractivity contribution in [2.75, 3.05) is 0 Å². The summed E-state index contributed by atoms with van der Waals surface area (Å²) in [5.41, 5.74) is 5.02.